The lowest BCUT2D eigenvalue weighted by Gasteiger charge is -2.10. The van der Waals surface area contributed by atoms with Crippen molar-refractivity contribution < 1.29 is 0 Å². The molecule has 0 aliphatic heterocycles. The topological polar surface area (TPSA) is 44.0 Å². The lowest BCUT2D eigenvalue weighted by atomic mass is 10.00. The SMILES string of the molecule is Cn1c(=O)n(CCCPI)c(=O)c2c(Cc3ccc(Cl)cc3)c(-c3cccc(Cl)c3)sc21. The van der Waals surface area contributed by atoms with E-state index in [1.807, 2.05) is 48.5 Å². The molecule has 0 aliphatic rings. The molecule has 0 saturated heterocycles. The highest BCUT2D eigenvalue weighted by atomic mass is 127. The molecule has 0 aliphatic carbocycles. The third kappa shape index (κ3) is 4.85. The molecule has 0 spiro atoms. The number of thiophene rings is 1. The molecule has 4 aromatic rings. The van der Waals surface area contributed by atoms with Gasteiger partial charge in [-0.3, -0.25) is 13.9 Å². The highest BCUT2D eigenvalue weighted by Gasteiger charge is 2.22. The van der Waals surface area contributed by atoms with Crippen molar-refractivity contribution in [3.05, 3.63) is 90.5 Å². The molecule has 1 atom stereocenters. The maximum absolute atomic E-state index is 13.6. The molecule has 2 aromatic carbocycles. The van der Waals surface area contributed by atoms with Crippen LogP contribution in [0.1, 0.15) is 17.5 Å². The van der Waals surface area contributed by atoms with Gasteiger partial charge in [-0.1, -0.05) is 75.7 Å². The lowest BCUT2D eigenvalue weighted by Crippen LogP contribution is -2.39. The second-order valence-corrected chi connectivity index (χ2v) is 12.4. The van der Waals surface area contributed by atoms with Crippen LogP contribution in [0.15, 0.2) is 58.1 Å². The maximum atomic E-state index is 13.6. The fourth-order valence-electron chi connectivity index (χ4n) is 3.74. The van der Waals surface area contributed by atoms with E-state index in [1.54, 1.807) is 11.6 Å². The second-order valence-electron chi connectivity index (χ2n) is 7.44. The number of nitrogens with zero attached hydrogens (tertiary/aromatic N) is 2. The zero-order valence-electron chi connectivity index (χ0n) is 17.2. The highest BCUT2D eigenvalue weighted by Crippen LogP contribution is 2.38. The average Bonchev–Trinajstić information content (AvgIpc) is 3.16. The van der Waals surface area contributed by atoms with Crippen LogP contribution in [0.5, 0.6) is 0 Å². The molecule has 2 aromatic heterocycles. The number of aryl methyl sites for hydroxylation is 1. The van der Waals surface area contributed by atoms with Crippen molar-refractivity contribution in [2.24, 2.45) is 7.05 Å². The van der Waals surface area contributed by atoms with Crippen molar-refractivity contribution in [1.82, 2.24) is 9.13 Å². The zero-order valence-corrected chi connectivity index (χ0v) is 22.7. The van der Waals surface area contributed by atoms with Gasteiger partial charge in [0, 0.05) is 28.5 Å². The molecule has 9 heteroatoms. The normalized spacial score (nSPS) is 11.8. The van der Waals surface area contributed by atoms with Crippen molar-refractivity contribution in [2.75, 3.05) is 6.16 Å². The van der Waals surface area contributed by atoms with Gasteiger partial charge >= 0.3 is 5.69 Å². The van der Waals surface area contributed by atoms with Crippen molar-refractivity contribution in [2.45, 2.75) is 19.4 Å². The van der Waals surface area contributed by atoms with Crippen LogP contribution in [-0.2, 0) is 20.0 Å². The van der Waals surface area contributed by atoms with Gasteiger partial charge in [-0.05, 0) is 60.0 Å². The zero-order chi connectivity index (χ0) is 22.8. The first kappa shape index (κ1) is 24.0. The van der Waals surface area contributed by atoms with E-state index in [9.17, 15) is 9.59 Å². The predicted octanol–water partition coefficient (Wildman–Crippen LogP) is 6.74. The molecule has 32 heavy (non-hydrogen) atoms. The first-order chi connectivity index (χ1) is 15.4. The van der Waals surface area contributed by atoms with Crippen molar-refractivity contribution in [3.63, 3.8) is 0 Å². The summed E-state index contributed by atoms with van der Waals surface area (Å²) in [6, 6.07) is 15.2. The van der Waals surface area contributed by atoms with Crippen LogP contribution in [0, 0.1) is 0 Å². The molecule has 4 nitrogen and oxygen atoms in total. The smallest absolute Gasteiger partial charge is 0.287 e. The standard InChI is InChI=1S/C23H20Cl2IN2O2PS/c1-27-22-19(21(29)28(23(27)30)10-3-11-31-26)18(12-14-6-8-16(24)9-7-14)20(32-22)15-4-2-5-17(25)13-15/h2,4-9,13,31H,3,10-12H2,1H3. The van der Waals surface area contributed by atoms with Gasteiger partial charge in [0.05, 0.1) is 5.39 Å². The summed E-state index contributed by atoms with van der Waals surface area (Å²) in [6.45, 7) is 0.431. The molecule has 0 N–H and O–H groups in total. The molecule has 0 saturated carbocycles. The van der Waals surface area contributed by atoms with E-state index < -0.39 is 0 Å². The van der Waals surface area contributed by atoms with Gasteiger partial charge in [0.2, 0.25) is 0 Å². The minimum Gasteiger partial charge on any atom is -0.287 e. The minimum atomic E-state index is -0.267. The average molecular weight is 617 g/mol. The Morgan fingerprint density at radius 3 is 2.50 bits per heavy atom. The van der Waals surface area contributed by atoms with Crippen LogP contribution in [0.2, 0.25) is 10.0 Å². The van der Waals surface area contributed by atoms with Crippen molar-refractivity contribution >= 4 is 73.0 Å². The third-order valence-electron chi connectivity index (χ3n) is 5.30. The summed E-state index contributed by atoms with van der Waals surface area (Å²) in [5.74, 6) is 0. The fraction of sp³-hybridized carbons (Fsp3) is 0.217. The van der Waals surface area contributed by atoms with Gasteiger partial charge in [-0.25, -0.2) is 4.79 Å². The first-order valence-corrected chi connectivity index (χ1v) is 15.9. The quantitative estimate of drug-likeness (QED) is 0.131. The van der Waals surface area contributed by atoms with E-state index in [1.165, 1.54) is 15.9 Å². The monoisotopic (exact) mass is 616 g/mol. The van der Waals surface area contributed by atoms with Crippen LogP contribution >= 0.6 is 62.8 Å². The van der Waals surface area contributed by atoms with Crippen LogP contribution < -0.4 is 11.2 Å². The molecule has 166 valence electrons. The molecule has 0 fully saturated rings. The number of hydrogen-bond acceptors (Lipinski definition) is 3. The summed E-state index contributed by atoms with van der Waals surface area (Å²) in [7, 11) is 1.74. The van der Waals surface area contributed by atoms with Gasteiger partial charge in [-0.2, -0.15) is 0 Å². The maximum Gasteiger partial charge on any atom is 0.331 e. The molecule has 4 rings (SSSR count). The highest BCUT2D eigenvalue weighted by molar-refractivity contribution is 14.2. The van der Waals surface area contributed by atoms with Gasteiger partial charge in [0.15, 0.2) is 0 Å². The second kappa shape index (κ2) is 10.4. The molecule has 1 unspecified atom stereocenters. The van der Waals surface area contributed by atoms with Crippen molar-refractivity contribution in [3.8, 4) is 10.4 Å². The Hall–Kier alpha value is -1.18. The van der Waals surface area contributed by atoms with Crippen LogP contribution in [0.3, 0.4) is 0 Å². The Balaban J connectivity index is 1.99. The van der Waals surface area contributed by atoms with Gasteiger partial charge in [0.25, 0.3) is 5.56 Å². The van der Waals surface area contributed by atoms with Gasteiger partial charge < -0.3 is 0 Å². The summed E-state index contributed by atoms with van der Waals surface area (Å²) in [5.41, 5.74) is 2.42. The first-order valence-electron chi connectivity index (χ1n) is 9.99. The molecular weight excluding hydrogens is 597 g/mol. The molecular formula is C23H20Cl2IN2O2PS. The van der Waals surface area contributed by atoms with E-state index in [4.69, 9.17) is 23.2 Å². The molecule has 0 amide bonds. The Labute approximate surface area is 214 Å². The fourth-order valence-corrected chi connectivity index (χ4v) is 6.75. The number of benzene rings is 2. The van der Waals surface area contributed by atoms with Gasteiger partial charge in [-0.15, -0.1) is 11.3 Å². The van der Waals surface area contributed by atoms with Crippen molar-refractivity contribution in [1.29, 1.82) is 0 Å². The number of aromatic nitrogens is 2. The third-order valence-corrected chi connectivity index (χ3v) is 9.31. The van der Waals surface area contributed by atoms with E-state index in [0.29, 0.717) is 33.2 Å². The number of halogens is 3. The Bertz CT molecular complexity index is 1400. The molecule has 0 bridgehead atoms. The Morgan fingerprint density at radius 2 is 1.81 bits per heavy atom. The molecule has 2 heterocycles. The predicted molar refractivity (Wildman–Crippen MR) is 148 cm³/mol. The number of hydrogen-bond donors (Lipinski definition) is 0. The summed E-state index contributed by atoms with van der Waals surface area (Å²) < 4.78 is 2.99. The van der Waals surface area contributed by atoms with E-state index in [-0.39, 0.29) is 11.2 Å². The summed E-state index contributed by atoms with van der Waals surface area (Å²) >= 11 is 16.2. The number of rotatable bonds is 7. The minimum absolute atomic E-state index is 0.214. The van der Waals surface area contributed by atoms with Crippen LogP contribution in [-0.4, -0.2) is 15.3 Å². The summed E-state index contributed by atoms with van der Waals surface area (Å²) in [4.78, 5) is 28.2. The largest absolute Gasteiger partial charge is 0.331 e. The molecule has 0 radical (unpaired) electrons. The van der Waals surface area contributed by atoms with E-state index in [0.717, 1.165) is 40.4 Å². The Morgan fingerprint density at radius 1 is 1.06 bits per heavy atom. The lowest BCUT2D eigenvalue weighted by molar-refractivity contribution is 0.598. The summed E-state index contributed by atoms with van der Waals surface area (Å²) in [6.07, 6.45) is 3.12. The van der Waals surface area contributed by atoms with Crippen LogP contribution in [0.25, 0.3) is 20.7 Å². The van der Waals surface area contributed by atoms with E-state index >= 15 is 0 Å². The van der Waals surface area contributed by atoms with E-state index in [2.05, 4.69) is 22.0 Å². The summed E-state index contributed by atoms with van der Waals surface area (Å²) in [5, 5.41) is 1.90. The number of fused-ring (bicyclic) bond motifs is 1. The van der Waals surface area contributed by atoms with Gasteiger partial charge in [0.1, 0.15) is 4.83 Å². The Kier molecular flexibility index (Phi) is 7.78. The van der Waals surface area contributed by atoms with Crippen LogP contribution in [0.4, 0.5) is 0 Å².